The molecule has 0 amide bonds. The van der Waals surface area contributed by atoms with Crippen LogP contribution in [0.5, 0.6) is 0 Å². The third-order valence-electron chi connectivity index (χ3n) is 3.43. The summed E-state index contributed by atoms with van der Waals surface area (Å²) in [6.07, 6.45) is 3.88. The molecule has 2 aromatic rings. The zero-order chi connectivity index (χ0) is 14.7. The molecule has 1 aliphatic rings. The molecule has 2 N–H and O–H groups in total. The summed E-state index contributed by atoms with van der Waals surface area (Å²) in [5.74, 6) is 0.898. The number of aromatic nitrogens is 2. The molecule has 0 aliphatic carbocycles. The van der Waals surface area contributed by atoms with E-state index in [1.807, 2.05) is 30.5 Å². The van der Waals surface area contributed by atoms with Gasteiger partial charge in [0.15, 0.2) is 5.16 Å². The number of thioether (sulfide) groups is 1. The first kappa shape index (κ1) is 14.6. The first-order chi connectivity index (χ1) is 10.3. The lowest BCUT2D eigenvalue weighted by Gasteiger charge is -2.14. The Balaban J connectivity index is 1.99. The Labute approximate surface area is 133 Å². The molecule has 1 aromatic heterocycles. The Morgan fingerprint density at radius 2 is 2.10 bits per heavy atom. The number of rotatable bonds is 3. The zero-order valence-corrected chi connectivity index (χ0v) is 13.4. The molecule has 0 spiro atoms. The van der Waals surface area contributed by atoms with Gasteiger partial charge in [-0.2, -0.15) is 0 Å². The average Bonchev–Trinajstić information content (AvgIpc) is 2.72. The summed E-state index contributed by atoms with van der Waals surface area (Å²) >= 11 is 7.62. The molecule has 0 saturated carbocycles. The maximum Gasteiger partial charge on any atom is 0.189 e. The summed E-state index contributed by atoms with van der Waals surface area (Å²) in [6.45, 7) is 1.92. The number of halogens is 1. The second-order valence-corrected chi connectivity index (χ2v) is 6.08. The first-order valence-electron chi connectivity index (χ1n) is 6.93. The smallest absolute Gasteiger partial charge is 0.189 e. The van der Waals surface area contributed by atoms with Crippen LogP contribution in [0.2, 0.25) is 5.02 Å². The number of hydrogen-bond acceptors (Lipinski definition) is 5. The molecule has 0 atom stereocenters. The fourth-order valence-corrected chi connectivity index (χ4v) is 2.99. The monoisotopic (exact) mass is 320 g/mol. The second kappa shape index (κ2) is 6.64. The van der Waals surface area contributed by atoms with E-state index in [1.165, 1.54) is 5.56 Å². The highest BCUT2D eigenvalue weighted by atomic mass is 35.5. The van der Waals surface area contributed by atoms with Gasteiger partial charge in [0.1, 0.15) is 5.82 Å². The minimum atomic E-state index is 0.715. The average molecular weight is 321 g/mol. The standard InChI is InChI=1S/C15H17ClN4S/c1-21-15-19-13-6-8-17-7-5-12(13)14(20-15)18-11-4-2-3-10(16)9-11/h2-4,9,17H,5-8H2,1H3,(H,18,19,20). The van der Waals surface area contributed by atoms with Gasteiger partial charge in [-0.05, 0) is 37.4 Å². The van der Waals surface area contributed by atoms with E-state index in [2.05, 4.69) is 20.6 Å². The van der Waals surface area contributed by atoms with Crippen molar-refractivity contribution in [2.24, 2.45) is 0 Å². The normalized spacial score (nSPS) is 14.4. The van der Waals surface area contributed by atoms with Crippen molar-refractivity contribution in [3.63, 3.8) is 0 Å². The summed E-state index contributed by atoms with van der Waals surface area (Å²) in [7, 11) is 0. The lowest BCUT2D eigenvalue weighted by molar-refractivity contribution is 0.707. The van der Waals surface area contributed by atoms with Gasteiger partial charge in [0.25, 0.3) is 0 Å². The third kappa shape index (κ3) is 3.48. The zero-order valence-electron chi connectivity index (χ0n) is 11.8. The largest absolute Gasteiger partial charge is 0.340 e. The minimum absolute atomic E-state index is 0.715. The van der Waals surface area contributed by atoms with E-state index in [9.17, 15) is 0 Å². The highest BCUT2D eigenvalue weighted by Gasteiger charge is 2.16. The molecule has 0 unspecified atom stereocenters. The van der Waals surface area contributed by atoms with Crippen LogP contribution in [0, 0.1) is 0 Å². The van der Waals surface area contributed by atoms with Crippen molar-refractivity contribution in [3.05, 3.63) is 40.5 Å². The topological polar surface area (TPSA) is 49.8 Å². The summed E-state index contributed by atoms with van der Waals surface area (Å²) in [6, 6.07) is 7.70. The van der Waals surface area contributed by atoms with E-state index in [-0.39, 0.29) is 0 Å². The maximum absolute atomic E-state index is 6.05. The highest BCUT2D eigenvalue weighted by Crippen LogP contribution is 2.26. The Morgan fingerprint density at radius 1 is 1.24 bits per heavy atom. The summed E-state index contributed by atoms with van der Waals surface area (Å²) in [5.41, 5.74) is 3.30. The van der Waals surface area contributed by atoms with Gasteiger partial charge in [0, 0.05) is 29.2 Å². The molecule has 6 heteroatoms. The molecular formula is C15H17ClN4S. The van der Waals surface area contributed by atoms with Crippen molar-refractivity contribution in [2.75, 3.05) is 24.7 Å². The summed E-state index contributed by atoms with van der Waals surface area (Å²) in [5, 5.41) is 8.33. The van der Waals surface area contributed by atoms with E-state index < -0.39 is 0 Å². The molecule has 21 heavy (non-hydrogen) atoms. The summed E-state index contributed by atoms with van der Waals surface area (Å²) in [4.78, 5) is 9.30. The summed E-state index contributed by atoms with van der Waals surface area (Å²) < 4.78 is 0. The third-order valence-corrected chi connectivity index (χ3v) is 4.22. The molecule has 0 radical (unpaired) electrons. The van der Waals surface area contributed by atoms with E-state index in [0.29, 0.717) is 5.02 Å². The molecule has 3 rings (SSSR count). The number of fused-ring (bicyclic) bond motifs is 1. The highest BCUT2D eigenvalue weighted by molar-refractivity contribution is 7.98. The van der Waals surface area contributed by atoms with Gasteiger partial charge in [-0.15, -0.1) is 0 Å². The number of benzene rings is 1. The van der Waals surface area contributed by atoms with Gasteiger partial charge < -0.3 is 10.6 Å². The fourth-order valence-electron chi connectivity index (χ4n) is 2.42. The fraction of sp³-hybridized carbons (Fsp3) is 0.333. The van der Waals surface area contributed by atoms with Crippen molar-refractivity contribution in [3.8, 4) is 0 Å². The molecule has 4 nitrogen and oxygen atoms in total. The van der Waals surface area contributed by atoms with Gasteiger partial charge >= 0.3 is 0 Å². The number of hydrogen-bond donors (Lipinski definition) is 2. The lowest BCUT2D eigenvalue weighted by atomic mass is 10.1. The van der Waals surface area contributed by atoms with Crippen molar-refractivity contribution < 1.29 is 0 Å². The van der Waals surface area contributed by atoms with E-state index >= 15 is 0 Å². The molecule has 110 valence electrons. The van der Waals surface area contributed by atoms with Crippen molar-refractivity contribution >= 4 is 34.9 Å². The van der Waals surface area contributed by atoms with E-state index in [1.54, 1.807) is 11.8 Å². The molecule has 1 aliphatic heterocycles. The van der Waals surface area contributed by atoms with E-state index in [0.717, 1.165) is 48.3 Å². The first-order valence-corrected chi connectivity index (χ1v) is 8.53. The minimum Gasteiger partial charge on any atom is -0.340 e. The van der Waals surface area contributed by atoms with Gasteiger partial charge in [0.05, 0.1) is 5.69 Å². The van der Waals surface area contributed by atoms with Crippen LogP contribution < -0.4 is 10.6 Å². The molecule has 0 bridgehead atoms. The van der Waals surface area contributed by atoms with E-state index in [4.69, 9.17) is 11.6 Å². The van der Waals surface area contributed by atoms with Gasteiger partial charge in [-0.3, -0.25) is 0 Å². The van der Waals surface area contributed by atoms with Crippen LogP contribution in [0.1, 0.15) is 11.3 Å². The van der Waals surface area contributed by atoms with Crippen LogP contribution in [-0.4, -0.2) is 29.3 Å². The SMILES string of the molecule is CSc1nc2c(c(Nc3cccc(Cl)c3)n1)CCNCC2. The van der Waals surface area contributed by atoms with Crippen molar-refractivity contribution in [1.29, 1.82) is 0 Å². The second-order valence-electron chi connectivity index (χ2n) is 4.87. The van der Waals surface area contributed by atoms with Crippen LogP contribution in [-0.2, 0) is 12.8 Å². The van der Waals surface area contributed by atoms with Gasteiger partial charge in [-0.1, -0.05) is 29.4 Å². The predicted molar refractivity (Wildman–Crippen MR) is 88.8 cm³/mol. The molecule has 0 saturated heterocycles. The lowest BCUT2D eigenvalue weighted by Crippen LogP contribution is -2.16. The maximum atomic E-state index is 6.05. The predicted octanol–water partition coefficient (Wildman–Crippen LogP) is 3.28. The molecule has 1 aromatic carbocycles. The Bertz CT molecular complexity index is 648. The van der Waals surface area contributed by atoms with Crippen LogP contribution in [0.4, 0.5) is 11.5 Å². The van der Waals surface area contributed by atoms with Gasteiger partial charge in [0.2, 0.25) is 0 Å². The molecule has 0 fully saturated rings. The number of nitrogens with zero attached hydrogens (tertiary/aromatic N) is 2. The van der Waals surface area contributed by atoms with Crippen LogP contribution in [0.3, 0.4) is 0 Å². The Kier molecular flexibility index (Phi) is 4.63. The van der Waals surface area contributed by atoms with Crippen LogP contribution in [0.15, 0.2) is 29.4 Å². The van der Waals surface area contributed by atoms with Crippen LogP contribution in [0.25, 0.3) is 0 Å². The van der Waals surface area contributed by atoms with Crippen molar-refractivity contribution in [2.45, 2.75) is 18.0 Å². The van der Waals surface area contributed by atoms with Crippen LogP contribution >= 0.6 is 23.4 Å². The molecule has 2 heterocycles. The quantitative estimate of drug-likeness (QED) is 0.671. The Hall–Kier alpha value is -1.30. The van der Waals surface area contributed by atoms with Gasteiger partial charge in [-0.25, -0.2) is 9.97 Å². The van der Waals surface area contributed by atoms with Crippen molar-refractivity contribution in [1.82, 2.24) is 15.3 Å². The number of nitrogens with one attached hydrogen (secondary N) is 2. The Morgan fingerprint density at radius 3 is 2.90 bits per heavy atom. The number of anilines is 2. The molecular weight excluding hydrogens is 304 g/mol.